The molecule has 2 unspecified atom stereocenters. The maximum Gasteiger partial charge on any atom is 0.305 e. The molecule has 0 rings (SSSR count). The van der Waals surface area contributed by atoms with E-state index in [1.165, 1.54) is 411 Å². The van der Waals surface area contributed by atoms with Gasteiger partial charge in [-0.1, -0.05) is 431 Å². The Hall–Kier alpha value is -1.40. The number of carbonyl (C=O) groups excluding carboxylic acids is 2. The topological polar surface area (TPSA) is 95.9 Å². The molecule has 0 aliphatic rings. The number of amides is 1. The number of nitrogens with one attached hydrogen (secondary N) is 1. The van der Waals surface area contributed by atoms with E-state index in [0.717, 1.165) is 38.5 Å². The van der Waals surface area contributed by atoms with Crippen molar-refractivity contribution in [3.8, 4) is 0 Å². The summed E-state index contributed by atoms with van der Waals surface area (Å²) >= 11 is 0. The van der Waals surface area contributed by atoms with Crippen molar-refractivity contribution in [2.45, 2.75) is 495 Å². The molecule has 0 aromatic heterocycles. The van der Waals surface area contributed by atoms with Gasteiger partial charge < -0.3 is 20.3 Å². The van der Waals surface area contributed by atoms with Gasteiger partial charge in [-0.05, 0) is 51.4 Å². The summed E-state index contributed by atoms with van der Waals surface area (Å²) < 4.78 is 5.48. The zero-order valence-electron chi connectivity index (χ0n) is 61.0. The second kappa shape index (κ2) is 79.0. The third-order valence-electron chi connectivity index (χ3n) is 19.8. The molecule has 89 heavy (non-hydrogen) atoms. The largest absolute Gasteiger partial charge is 0.466 e. The van der Waals surface area contributed by atoms with Crippen molar-refractivity contribution in [1.29, 1.82) is 0 Å². The molecule has 0 spiro atoms. The number of ether oxygens (including phenoxy) is 1. The maximum absolute atomic E-state index is 12.6. The molecule has 6 nitrogen and oxygen atoms in total. The lowest BCUT2D eigenvalue weighted by molar-refractivity contribution is -0.143. The Morgan fingerprint density at radius 3 is 0.798 bits per heavy atom. The molecule has 2 atom stereocenters. The fourth-order valence-corrected chi connectivity index (χ4v) is 13.5. The highest BCUT2D eigenvalue weighted by Gasteiger charge is 2.20. The zero-order chi connectivity index (χ0) is 64.2. The minimum absolute atomic E-state index is 0.0233. The van der Waals surface area contributed by atoms with E-state index in [0.29, 0.717) is 25.9 Å². The van der Waals surface area contributed by atoms with Gasteiger partial charge in [0.1, 0.15) is 0 Å². The van der Waals surface area contributed by atoms with Gasteiger partial charge >= 0.3 is 5.97 Å². The van der Waals surface area contributed by atoms with Crippen LogP contribution in [0.5, 0.6) is 0 Å². The van der Waals surface area contributed by atoms with E-state index < -0.39 is 12.1 Å². The van der Waals surface area contributed by atoms with Gasteiger partial charge in [0.25, 0.3) is 0 Å². The number of unbranched alkanes of at least 4 members (excludes halogenated alkanes) is 66. The lowest BCUT2D eigenvalue weighted by Crippen LogP contribution is -2.45. The number of aliphatic hydroxyl groups is 2. The van der Waals surface area contributed by atoms with Crippen molar-refractivity contribution in [2.24, 2.45) is 0 Å². The second-order valence-corrected chi connectivity index (χ2v) is 28.8. The standard InChI is InChI=1S/C83H163NO5/c1-3-5-7-9-11-13-15-16-17-18-19-20-40-43-46-49-52-56-59-63-67-71-75-81(86)80(79-85)84-82(87)76-72-68-64-60-57-53-50-47-44-41-38-36-34-32-30-28-26-24-22-21-23-25-27-29-31-33-35-37-39-42-45-48-51-54-58-62-66-70-74-78-89-83(88)77-73-69-65-61-55-14-12-10-8-6-4-2/h21-22,80-81,85-86H,3-20,23-79H2,1-2H3,(H,84,87)/b22-21-. The molecule has 3 N–H and O–H groups in total. The van der Waals surface area contributed by atoms with Gasteiger partial charge in [0.15, 0.2) is 0 Å². The molecule has 0 aromatic rings. The smallest absolute Gasteiger partial charge is 0.305 e. The Kier molecular flexibility index (Phi) is 77.8. The van der Waals surface area contributed by atoms with Crippen LogP contribution in [0.4, 0.5) is 0 Å². The number of hydrogen-bond acceptors (Lipinski definition) is 5. The highest BCUT2D eigenvalue weighted by atomic mass is 16.5. The summed E-state index contributed by atoms with van der Waals surface area (Å²) in [6.45, 7) is 5.01. The SMILES string of the molecule is CCCCCCCCCCCCCCCCCCCCCCCCC(O)C(CO)NC(=O)CCCCCCCCCCCCCCCCCCC/C=C\CCCCCCCCCCCCCCCCCCCCOC(=O)CCCCCCCCCCCCC. The van der Waals surface area contributed by atoms with Crippen LogP contribution < -0.4 is 5.32 Å². The van der Waals surface area contributed by atoms with E-state index in [1.54, 1.807) is 0 Å². The van der Waals surface area contributed by atoms with Crippen molar-refractivity contribution in [1.82, 2.24) is 5.32 Å². The summed E-state index contributed by atoms with van der Waals surface area (Å²) in [5, 5.41) is 23.5. The molecule has 0 aliphatic carbocycles. The van der Waals surface area contributed by atoms with Crippen molar-refractivity contribution in [3.05, 3.63) is 12.2 Å². The molecule has 1 amide bonds. The monoisotopic (exact) mass is 1250 g/mol. The normalized spacial score (nSPS) is 12.4. The molecule has 0 fully saturated rings. The van der Waals surface area contributed by atoms with Gasteiger partial charge in [-0.2, -0.15) is 0 Å². The molecular weight excluding hydrogens is 1090 g/mol. The van der Waals surface area contributed by atoms with Crippen molar-refractivity contribution < 1.29 is 24.5 Å². The lowest BCUT2D eigenvalue weighted by atomic mass is 10.0. The fraction of sp³-hybridized carbons (Fsp3) is 0.952. The molecule has 0 saturated carbocycles. The summed E-state index contributed by atoms with van der Waals surface area (Å²) in [7, 11) is 0. The first-order valence-corrected chi connectivity index (χ1v) is 41.4. The van der Waals surface area contributed by atoms with Gasteiger partial charge in [0.2, 0.25) is 5.91 Å². The predicted octanol–water partition coefficient (Wildman–Crippen LogP) is 27.4. The van der Waals surface area contributed by atoms with Crippen LogP contribution in [0.3, 0.4) is 0 Å². The van der Waals surface area contributed by atoms with Crippen LogP contribution in [-0.2, 0) is 14.3 Å². The third kappa shape index (κ3) is 75.5. The quantitative estimate of drug-likeness (QED) is 0.0320. The van der Waals surface area contributed by atoms with Gasteiger partial charge in [0, 0.05) is 12.8 Å². The van der Waals surface area contributed by atoms with Crippen LogP contribution >= 0.6 is 0 Å². The van der Waals surface area contributed by atoms with Crippen LogP contribution in [0.15, 0.2) is 12.2 Å². The highest BCUT2D eigenvalue weighted by molar-refractivity contribution is 5.76. The first-order valence-electron chi connectivity index (χ1n) is 41.4. The summed E-state index contributed by atoms with van der Waals surface area (Å²) in [6, 6.07) is -0.539. The Bertz CT molecular complexity index is 1350. The number of allylic oxidation sites excluding steroid dienone is 2. The third-order valence-corrected chi connectivity index (χ3v) is 19.8. The van der Waals surface area contributed by atoms with Gasteiger partial charge in [-0.3, -0.25) is 9.59 Å². The number of hydrogen-bond donors (Lipinski definition) is 3. The van der Waals surface area contributed by atoms with Crippen LogP contribution in [0.2, 0.25) is 0 Å². The number of aliphatic hydroxyl groups excluding tert-OH is 2. The lowest BCUT2D eigenvalue weighted by Gasteiger charge is -2.22. The minimum atomic E-state index is -0.662. The Labute approximate surface area is 559 Å². The van der Waals surface area contributed by atoms with Crippen LogP contribution in [0, 0.1) is 0 Å². The molecule has 6 heteroatoms. The van der Waals surface area contributed by atoms with Crippen LogP contribution in [0.1, 0.15) is 483 Å². The van der Waals surface area contributed by atoms with Gasteiger partial charge in [0.05, 0.1) is 25.4 Å². The summed E-state index contributed by atoms with van der Waals surface area (Å²) in [6.07, 6.45) is 100. The average molecular weight is 1260 g/mol. The van der Waals surface area contributed by atoms with E-state index >= 15 is 0 Å². The van der Waals surface area contributed by atoms with Crippen molar-refractivity contribution >= 4 is 11.9 Å². The average Bonchev–Trinajstić information content (AvgIpc) is 3.67. The molecule has 0 radical (unpaired) electrons. The molecule has 530 valence electrons. The minimum Gasteiger partial charge on any atom is -0.466 e. The van der Waals surface area contributed by atoms with Crippen LogP contribution in [-0.4, -0.2) is 47.4 Å². The first-order chi connectivity index (χ1) is 44.0. The number of carbonyl (C=O) groups is 2. The Morgan fingerprint density at radius 2 is 0.528 bits per heavy atom. The predicted molar refractivity (Wildman–Crippen MR) is 394 cm³/mol. The molecule has 0 heterocycles. The first kappa shape index (κ1) is 87.6. The maximum atomic E-state index is 12.6. The Balaban J connectivity index is 3.32. The van der Waals surface area contributed by atoms with Gasteiger partial charge in [-0.25, -0.2) is 0 Å². The molecule has 0 aliphatic heterocycles. The summed E-state index contributed by atoms with van der Waals surface area (Å²) in [5.74, 6) is -0.00123. The molecule has 0 saturated heterocycles. The highest BCUT2D eigenvalue weighted by Crippen LogP contribution is 2.21. The summed E-state index contributed by atoms with van der Waals surface area (Å²) in [5.41, 5.74) is 0. The van der Waals surface area contributed by atoms with Crippen LogP contribution in [0.25, 0.3) is 0 Å². The Morgan fingerprint density at radius 1 is 0.303 bits per heavy atom. The van der Waals surface area contributed by atoms with E-state index in [9.17, 15) is 19.8 Å². The molecular formula is C83H163NO5. The van der Waals surface area contributed by atoms with Crippen molar-refractivity contribution in [2.75, 3.05) is 13.2 Å². The summed E-state index contributed by atoms with van der Waals surface area (Å²) in [4.78, 5) is 24.6. The second-order valence-electron chi connectivity index (χ2n) is 28.8. The number of esters is 1. The van der Waals surface area contributed by atoms with E-state index in [-0.39, 0.29) is 18.5 Å². The van der Waals surface area contributed by atoms with E-state index in [4.69, 9.17) is 4.74 Å². The molecule has 0 aromatic carbocycles. The number of rotatable bonds is 79. The van der Waals surface area contributed by atoms with Crippen molar-refractivity contribution in [3.63, 3.8) is 0 Å². The zero-order valence-corrected chi connectivity index (χ0v) is 61.0. The van der Waals surface area contributed by atoms with E-state index in [1.807, 2.05) is 0 Å². The fourth-order valence-electron chi connectivity index (χ4n) is 13.5. The molecule has 0 bridgehead atoms. The van der Waals surface area contributed by atoms with Gasteiger partial charge in [-0.15, -0.1) is 0 Å². The van der Waals surface area contributed by atoms with E-state index in [2.05, 4.69) is 31.3 Å².